The van der Waals surface area contributed by atoms with Gasteiger partial charge in [0.15, 0.2) is 5.82 Å². The van der Waals surface area contributed by atoms with E-state index in [1.54, 1.807) is 37.3 Å². The van der Waals surface area contributed by atoms with Crippen LogP contribution < -0.4 is 21.3 Å². The molecule has 37 heavy (non-hydrogen) atoms. The van der Waals surface area contributed by atoms with E-state index in [1.807, 2.05) is 18.7 Å². The lowest BCUT2D eigenvalue weighted by Crippen LogP contribution is -2.33. The third-order valence-corrected chi connectivity index (χ3v) is 5.69. The first-order valence-electron chi connectivity index (χ1n) is 12.1. The Morgan fingerprint density at radius 2 is 1.78 bits per heavy atom. The topological polar surface area (TPSA) is 156 Å². The van der Waals surface area contributed by atoms with Gasteiger partial charge in [-0.25, -0.2) is 14.8 Å². The van der Waals surface area contributed by atoms with Gasteiger partial charge in [-0.1, -0.05) is 13.8 Å². The van der Waals surface area contributed by atoms with Crippen LogP contribution in [0.3, 0.4) is 0 Å². The minimum atomic E-state index is -0.497. The van der Waals surface area contributed by atoms with Gasteiger partial charge in [0.05, 0.1) is 6.61 Å². The quantitative estimate of drug-likeness (QED) is 0.433. The van der Waals surface area contributed by atoms with E-state index in [4.69, 9.17) is 10.5 Å². The monoisotopic (exact) mass is 508 g/mol. The largest absolute Gasteiger partial charge is 0.449 e. The highest BCUT2D eigenvalue weighted by Crippen LogP contribution is 2.21. The minimum absolute atomic E-state index is 0.0793. The summed E-state index contributed by atoms with van der Waals surface area (Å²) in [6.45, 7) is 8.71. The van der Waals surface area contributed by atoms with Crippen LogP contribution in [-0.2, 0) is 9.53 Å². The lowest BCUT2D eigenvalue weighted by molar-refractivity contribution is -0.128. The highest BCUT2D eigenvalue weighted by molar-refractivity contribution is 5.85. The zero-order valence-corrected chi connectivity index (χ0v) is 21.2. The van der Waals surface area contributed by atoms with Gasteiger partial charge in [0.25, 0.3) is 0 Å². The molecular weight excluding hydrogens is 476 g/mol. The number of carbonyl (C=O) groups is 2. The molecule has 1 aliphatic rings. The van der Waals surface area contributed by atoms with E-state index < -0.39 is 6.09 Å². The molecule has 1 saturated heterocycles. The van der Waals surface area contributed by atoms with Gasteiger partial charge in [0.2, 0.25) is 17.8 Å². The Kier molecular flexibility index (Phi) is 8.01. The van der Waals surface area contributed by atoms with Gasteiger partial charge in [-0.15, -0.1) is 5.10 Å². The molecule has 3 aromatic rings. The van der Waals surface area contributed by atoms with Crippen LogP contribution in [0.25, 0.3) is 5.82 Å². The number of rotatable bonds is 7. The number of amides is 2. The highest BCUT2D eigenvalue weighted by atomic mass is 16.5. The zero-order chi connectivity index (χ0) is 26.4. The summed E-state index contributed by atoms with van der Waals surface area (Å²) in [6, 6.07) is 8.84. The smallest absolute Gasteiger partial charge is 0.411 e. The number of nitrogen functional groups attached to an aromatic ring is 1. The summed E-state index contributed by atoms with van der Waals surface area (Å²) in [7, 11) is 0. The van der Waals surface area contributed by atoms with E-state index in [2.05, 4.69) is 35.6 Å². The Balaban J connectivity index is 1.41. The maximum Gasteiger partial charge on any atom is 0.411 e. The summed E-state index contributed by atoms with van der Waals surface area (Å²) in [5.74, 6) is 2.01. The first-order valence-corrected chi connectivity index (χ1v) is 12.1. The molecule has 3 heterocycles. The molecule has 0 bridgehead atoms. The molecule has 1 aromatic carbocycles. The van der Waals surface area contributed by atoms with Crippen molar-refractivity contribution in [2.75, 3.05) is 54.1 Å². The average molecular weight is 509 g/mol. The molecule has 0 spiro atoms. The van der Waals surface area contributed by atoms with Crippen molar-refractivity contribution >= 4 is 41.1 Å². The molecule has 0 atom stereocenters. The summed E-state index contributed by atoms with van der Waals surface area (Å²) in [5, 5.41) is 10.2. The molecule has 0 radical (unpaired) electrons. The number of nitrogens with two attached hydrogens (primary N) is 1. The summed E-state index contributed by atoms with van der Waals surface area (Å²) in [5.41, 5.74) is 7.44. The first kappa shape index (κ1) is 25.7. The second kappa shape index (κ2) is 11.5. The number of benzene rings is 1. The number of carbonyl (C=O) groups excluding carboxylic acids is 2. The van der Waals surface area contributed by atoms with E-state index in [1.165, 1.54) is 11.0 Å². The lowest BCUT2D eigenvalue weighted by Gasteiger charge is -2.22. The maximum atomic E-state index is 11.8. The van der Waals surface area contributed by atoms with Crippen LogP contribution in [-0.4, -0.2) is 74.4 Å². The Bertz CT molecular complexity index is 1230. The third-order valence-electron chi connectivity index (χ3n) is 5.69. The predicted molar refractivity (Wildman–Crippen MR) is 140 cm³/mol. The van der Waals surface area contributed by atoms with Crippen LogP contribution in [0.1, 0.15) is 27.2 Å². The Labute approximate surface area is 215 Å². The fourth-order valence-corrected chi connectivity index (χ4v) is 3.80. The number of nitrogens with one attached hydrogen (secondary N) is 2. The predicted octanol–water partition coefficient (Wildman–Crippen LogP) is 2.65. The van der Waals surface area contributed by atoms with Gasteiger partial charge >= 0.3 is 6.09 Å². The van der Waals surface area contributed by atoms with Crippen LogP contribution >= 0.6 is 0 Å². The molecular formula is C24H32N10O3. The number of aromatic nitrogens is 5. The van der Waals surface area contributed by atoms with Gasteiger partial charge in [0.1, 0.15) is 12.1 Å². The van der Waals surface area contributed by atoms with Gasteiger partial charge in [-0.3, -0.25) is 10.1 Å². The molecule has 1 fully saturated rings. The zero-order valence-electron chi connectivity index (χ0n) is 21.2. The van der Waals surface area contributed by atoms with Crippen LogP contribution in [0.5, 0.6) is 0 Å². The fraction of sp³-hybridized carbons (Fsp3) is 0.417. The molecule has 2 aromatic heterocycles. The Morgan fingerprint density at radius 3 is 2.51 bits per heavy atom. The van der Waals surface area contributed by atoms with E-state index in [-0.39, 0.29) is 17.8 Å². The lowest BCUT2D eigenvalue weighted by atomic mass is 10.2. The van der Waals surface area contributed by atoms with Crippen molar-refractivity contribution in [3.8, 4) is 5.82 Å². The SMILES string of the molecule is CC(=O)N1CCCN(c2cc(-n3nc(Nc4ccc(NC(=O)OCC(C)C)cc4)nc3N)ncn2)CC1. The number of ether oxygens (including phenoxy) is 1. The fourth-order valence-electron chi connectivity index (χ4n) is 3.80. The van der Waals surface area contributed by atoms with Gasteiger partial charge < -0.3 is 25.6 Å². The standard InChI is InChI=1S/C24H32N10O3/c1-16(2)14-37-24(36)29-19-7-5-18(6-8-19)28-23-30-22(25)34(31-23)21-13-20(26-15-27-21)33-10-4-9-32(11-12-33)17(3)35/h5-8,13,15-16H,4,9-12,14H2,1-3H3,(H,29,36)(H3,25,28,30,31). The normalized spacial score (nSPS) is 13.8. The van der Waals surface area contributed by atoms with Crippen molar-refractivity contribution in [1.29, 1.82) is 0 Å². The summed E-state index contributed by atoms with van der Waals surface area (Å²) >= 11 is 0. The Morgan fingerprint density at radius 1 is 1.05 bits per heavy atom. The molecule has 4 N–H and O–H groups in total. The summed E-state index contributed by atoms with van der Waals surface area (Å²) in [4.78, 5) is 40.5. The third kappa shape index (κ3) is 6.84. The van der Waals surface area contributed by atoms with E-state index >= 15 is 0 Å². The van der Waals surface area contributed by atoms with Crippen molar-refractivity contribution in [2.24, 2.45) is 5.92 Å². The van der Waals surface area contributed by atoms with Crippen LogP contribution in [0.4, 0.5) is 33.9 Å². The molecule has 0 aliphatic carbocycles. The number of anilines is 5. The van der Waals surface area contributed by atoms with E-state index in [9.17, 15) is 9.59 Å². The van der Waals surface area contributed by atoms with Crippen LogP contribution in [0.15, 0.2) is 36.7 Å². The molecule has 0 saturated carbocycles. The summed E-state index contributed by atoms with van der Waals surface area (Å²) in [6.07, 6.45) is 1.82. The van der Waals surface area contributed by atoms with Crippen LogP contribution in [0.2, 0.25) is 0 Å². The van der Waals surface area contributed by atoms with Crippen molar-refractivity contribution in [3.05, 3.63) is 36.7 Å². The molecule has 0 unspecified atom stereocenters. The van der Waals surface area contributed by atoms with Crippen molar-refractivity contribution < 1.29 is 14.3 Å². The molecule has 1 aliphatic heterocycles. The highest BCUT2D eigenvalue weighted by Gasteiger charge is 2.19. The number of hydrogen-bond donors (Lipinski definition) is 3. The molecule has 13 nitrogen and oxygen atoms in total. The van der Waals surface area contributed by atoms with Gasteiger partial charge in [-0.2, -0.15) is 9.67 Å². The minimum Gasteiger partial charge on any atom is -0.449 e. The molecule has 196 valence electrons. The van der Waals surface area contributed by atoms with E-state index in [0.29, 0.717) is 42.8 Å². The van der Waals surface area contributed by atoms with Crippen molar-refractivity contribution in [1.82, 2.24) is 29.6 Å². The second-order valence-electron chi connectivity index (χ2n) is 9.11. The summed E-state index contributed by atoms with van der Waals surface area (Å²) < 4.78 is 6.57. The molecule has 4 rings (SSSR count). The second-order valence-corrected chi connectivity index (χ2v) is 9.11. The molecule has 2 amide bonds. The van der Waals surface area contributed by atoms with Gasteiger partial charge in [0, 0.05) is 50.5 Å². The van der Waals surface area contributed by atoms with E-state index in [0.717, 1.165) is 25.3 Å². The maximum absolute atomic E-state index is 11.8. The first-order chi connectivity index (χ1) is 17.8. The number of nitrogens with zero attached hydrogens (tertiary/aromatic N) is 7. The van der Waals surface area contributed by atoms with Gasteiger partial charge in [-0.05, 0) is 36.6 Å². The average Bonchev–Trinajstić information content (AvgIpc) is 3.07. The Hall–Kier alpha value is -4.42. The number of hydrogen-bond acceptors (Lipinski definition) is 10. The van der Waals surface area contributed by atoms with Crippen molar-refractivity contribution in [2.45, 2.75) is 27.2 Å². The molecule has 13 heteroatoms. The van der Waals surface area contributed by atoms with Crippen LogP contribution in [0, 0.1) is 5.92 Å². The van der Waals surface area contributed by atoms with Crippen molar-refractivity contribution in [3.63, 3.8) is 0 Å².